The molecule has 0 aromatic rings. The van der Waals surface area contributed by atoms with Crippen LogP contribution in [0.4, 0.5) is 0 Å². The lowest BCUT2D eigenvalue weighted by Gasteiger charge is -2.28. The fraction of sp³-hybridized carbons (Fsp3) is 0.909. The minimum Gasteiger partial charge on any atom is -0.468 e. The van der Waals surface area contributed by atoms with Gasteiger partial charge in [-0.15, -0.1) is 12.4 Å². The van der Waals surface area contributed by atoms with Crippen LogP contribution in [-0.2, 0) is 9.53 Å². The van der Waals surface area contributed by atoms with Crippen molar-refractivity contribution in [3.05, 3.63) is 0 Å². The Morgan fingerprint density at radius 2 is 2.31 bits per heavy atom. The molecule has 0 aliphatic carbocycles. The molecule has 0 aromatic heterocycles. The van der Waals surface area contributed by atoms with E-state index in [4.69, 9.17) is 0 Å². The minimum atomic E-state index is -0.138. The summed E-state index contributed by atoms with van der Waals surface area (Å²) in [6.07, 6.45) is 2.52. The minimum absolute atomic E-state index is 0. The molecule has 1 aliphatic heterocycles. The molecule has 16 heavy (non-hydrogen) atoms. The molecule has 0 radical (unpaired) electrons. The lowest BCUT2D eigenvalue weighted by molar-refractivity contribution is -0.142. The predicted molar refractivity (Wildman–Crippen MR) is 67.0 cm³/mol. The van der Waals surface area contributed by atoms with E-state index in [0.717, 1.165) is 26.2 Å². The average Bonchev–Trinajstić information content (AvgIpc) is 2.29. The summed E-state index contributed by atoms with van der Waals surface area (Å²) in [7, 11) is 1.44. The molecule has 96 valence electrons. The molecule has 0 aromatic carbocycles. The van der Waals surface area contributed by atoms with E-state index >= 15 is 0 Å². The molecule has 0 saturated carbocycles. The maximum absolute atomic E-state index is 11.1. The number of nitrogens with zero attached hydrogens (tertiary/aromatic N) is 1. The zero-order valence-electron chi connectivity index (χ0n) is 10.2. The van der Waals surface area contributed by atoms with Crippen molar-refractivity contribution >= 4 is 18.4 Å². The van der Waals surface area contributed by atoms with Crippen LogP contribution in [0, 0.1) is 5.92 Å². The monoisotopic (exact) mass is 250 g/mol. The van der Waals surface area contributed by atoms with Gasteiger partial charge in [-0.3, -0.25) is 9.69 Å². The van der Waals surface area contributed by atoms with E-state index in [9.17, 15) is 4.79 Å². The number of ether oxygens (including phenoxy) is 1. The number of halogens is 1. The third-order valence-electron chi connectivity index (χ3n) is 2.94. The second-order valence-electron chi connectivity index (χ2n) is 4.12. The molecular weight excluding hydrogens is 228 g/mol. The van der Waals surface area contributed by atoms with Gasteiger partial charge in [0.2, 0.25) is 0 Å². The first kappa shape index (κ1) is 15.7. The van der Waals surface area contributed by atoms with Crippen LogP contribution in [0.1, 0.15) is 19.8 Å². The van der Waals surface area contributed by atoms with Crippen molar-refractivity contribution in [2.75, 3.05) is 39.8 Å². The first-order valence-electron chi connectivity index (χ1n) is 5.76. The molecule has 1 atom stereocenters. The Morgan fingerprint density at radius 1 is 1.56 bits per heavy atom. The van der Waals surface area contributed by atoms with E-state index in [2.05, 4.69) is 21.9 Å². The number of likely N-dealkylation sites (N-methyl/N-ethyl adjacent to an activating group) is 1. The molecule has 0 spiro atoms. The van der Waals surface area contributed by atoms with Gasteiger partial charge in [0.25, 0.3) is 0 Å². The number of methoxy groups -OCH3 is 1. The van der Waals surface area contributed by atoms with Crippen LogP contribution in [0.2, 0.25) is 0 Å². The summed E-state index contributed by atoms with van der Waals surface area (Å²) >= 11 is 0. The quantitative estimate of drug-likeness (QED) is 0.737. The summed E-state index contributed by atoms with van der Waals surface area (Å²) in [5.74, 6) is 0.545. The molecule has 1 fully saturated rings. The highest BCUT2D eigenvalue weighted by atomic mass is 35.5. The topological polar surface area (TPSA) is 41.6 Å². The number of carbonyl (C=O) groups is 1. The summed E-state index contributed by atoms with van der Waals surface area (Å²) < 4.78 is 4.68. The normalized spacial score (nSPS) is 20.3. The van der Waals surface area contributed by atoms with Crippen molar-refractivity contribution in [1.82, 2.24) is 10.2 Å². The van der Waals surface area contributed by atoms with Crippen molar-refractivity contribution < 1.29 is 9.53 Å². The number of nitrogens with one attached hydrogen (secondary N) is 1. The Bertz CT molecular complexity index is 196. The summed E-state index contributed by atoms with van der Waals surface area (Å²) in [4.78, 5) is 13.3. The van der Waals surface area contributed by atoms with Crippen LogP contribution in [0.3, 0.4) is 0 Å². The Kier molecular flexibility index (Phi) is 8.61. The second-order valence-corrected chi connectivity index (χ2v) is 4.12. The molecule has 1 saturated heterocycles. The van der Waals surface area contributed by atoms with Gasteiger partial charge in [-0.1, -0.05) is 6.92 Å². The van der Waals surface area contributed by atoms with Gasteiger partial charge in [0, 0.05) is 6.54 Å². The average molecular weight is 251 g/mol. The van der Waals surface area contributed by atoms with Gasteiger partial charge >= 0.3 is 5.97 Å². The Hall–Kier alpha value is -0.320. The van der Waals surface area contributed by atoms with Gasteiger partial charge in [0.1, 0.15) is 0 Å². The largest absolute Gasteiger partial charge is 0.468 e. The second kappa shape index (κ2) is 8.79. The molecule has 1 aliphatic rings. The molecular formula is C11H23ClN2O2. The summed E-state index contributed by atoms with van der Waals surface area (Å²) in [5, 5.41) is 3.39. The van der Waals surface area contributed by atoms with E-state index in [1.165, 1.54) is 20.0 Å². The van der Waals surface area contributed by atoms with Crippen molar-refractivity contribution in [2.45, 2.75) is 19.8 Å². The zero-order valence-corrected chi connectivity index (χ0v) is 11.0. The first-order chi connectivity index (χ1) is 7.26. The standard InChI is InChI=1S/C11H22N2O2.ClH/c1-3-13(9-11(14)15-2)8-10-5-4-6-12-7-10;/h10,12H,3-9H2,1-2H3;1H. The fourth-order valence-corrected chi connectivity index (χ4v) is 2.00. The third-order valence-corrected chi connectivity index (χ3v) is 2.94. The van der Waals surface area contributed by atoms with E-state index in [1.54, 1.807) is 0 Å². The van der Waals surface area contributed by atoms with Crippen LogP contribution in [0.25, 0.3) is 0 Å². The third kappa shape index (κ3) is 5.68. The number of rotatable bonds is 5. The molecule has 4 nitrogen and oxygen atoms in total. The smallest absolute Gasteiger partial charge is 0.319 e. The van der Waals surface area contributed by atoms with E-state index in [1.807, 2.05) is 0 Å². The van der Waals surface area contributed by atoms with Crippen LogP contribution in [0.15, 0.2) is 0 Å². The molecule has 1 rings (SSSR count). The maximum Gasteiger partial charge on any atom is 0.319 e. The molecule has 1 N–H and O–H groups in total. The fourth-order valence-electron chi connectivity index (χ4n) is 2.00. The maximum atomic E-state index is 11.1. The highest BCUT2D eigenvalue weighted by Crippen LogP contribution is 2.11. The van der Waals surface area contributed by atoms with E-state index in [0.29, 0.717) is 12.5 Å². The van der Waals surface area contributed by atoms with Gasteiger partial charge in [0.05, 0.1) is 13.7 Å². The number of piperidine rings is 1. The lowest BCUT2D eigenvalue weighted by atomic mass is 9.99. The predicted octanol–water partition coefficient (Wildman–Crippen LogP) is 0.903. The SMILES string of the molecule is CCN(CC(=O)OC)CC1CCCNC1.Cl. The number of esters is 1. The Labute approximate surface area is 104 Å². The van der Waals surface area contributed by atoms with Crippen LogP contribution >= 0.6 is 12.4 Å². The van der Waals surface area contributed by atoms with Gasteiger partial charge in [-0.05, 0) is 38.4 Å². The van der Waals surface area contributed by atoms with Gasteiger partial charge in [0.15, 0.2) is 0 Å². The van der Waals surface area contributed by atoms with Gasteiger partial charge in [-0.25, -0.2) is 0 Å². The highest BCUT2D eigenvalue weighted by Gasteiger charge is 2.17. The van der Waals surface area contributed by atoms with E-state index < -0.39 is 0 Å². The highest BCUT2D eigenvalue weighted by molar-refractivity contribution is 5.85. The zero-order chi connectivity index (χ0) is 11.1. The number of hydrogen-bond donors (Lipinski definition) is 1. The van der Waals surface area contributed by atoms with Crippen molar-refractivity contribution in [2.24, 2.45) is 5.92 Å². The molecule has 0 amide bonds. The van der Waals surface area contributed by atoms with Gasteiger partial charge < -0.3 is 10.1 Å². The number of carbonyl (C=O) groups excluding carboxylic acids is 1. The molecule has 1 heterocycles. The van der Waals surface area contributed by atoms with Crippen molar-refractivity contribution in [1.29, 1.82) is 0 Å². The van der Waals surface area contributed by atoms with Gasteiger partial charge in [-0.2, -0.15) is 0 Å². The molecule has 0 bridgehead atoms. The summed E-state index contributed by atoms with van der Waals surface area (Å²) in [5.41, 5.74) is 0. The Balaban J connectivity index is 0.00000225. The van der Waals surface area contributed by atoms with Crippen molar-refractivity contribution in [3.63, 3.8) is 0 Å². The van der Waals surface area contributed by atoms with Crippen LogP contribution in [-0.4, -0.2) is 50.7 Å². The first-order valence-corrected chi connectivity index (χ1v) is 5.76. The molecule has 5 heteroatoms. The van der Waals surface area contributed by atoms with E-state index in [-0.39, 0.29) is 18.4 Å². The summed E-state index contributed by atoms with van der Waals surface area (Å²) in [6, 6.07) is 0. The Morgan fingerprint density at radius 3 is 2.81 bits per heavy atom. The van der Waals surface area contributed by atoms with Crippen molar-refractivity contribution in [3.8, 4) is 0 Å². The lowest BCUT2D eigenvalue weighted by Crippen LogP contribution is -2.40. The number of hydrogen-bond acceptors (Lipinski definition) is 4. The van der Waals surface area contributed by atoms with Crippen LogP contribution in [0.5, 0.6) is 0 Å². The summed E-state index contributed by atoms with van der Waals surface area (Å²) in [6.45, 7) is 6.63. The molecule has 1 unspecified atom stereocenters. The van der Waals surface area contributed by atoms with Crippen LogP contribution < -0.4 is 5.32 Å².